The highest BCUT2D eigenvalue weighted by atomic mass is 19.2. The highest BCUT2D eigenvalue weighted by Gasteiger charge is 2.13. The average Bonchev–Trinajstić information content (AvgIpc) is 2.25. The Morgan fingerprint density at radius 3 is 2.65 bits per heavy atom. The maximum Gasteiger partial charge on any atom is 0.224 e. The summed E-state index contributed by atoms with van der Waals surface area (Å²) in [5.41, 5.74) is -0.475. The molecular formula is C11H13F3N2O. The van der Waals surface area contributed by atoms with Crippen LogP contribution in [0.25, 0.3) is 0 Å². The van der Waals surface area contributed by atoms with Crippen molar-refractivity contribution in [1.29, 1.82) is 0 Å². The minimum atomic E-state index is -1.32. The number of rotatable bonds is 5. The minimum Gasteiger partial charge on any atom is -0.323 e. The SMILES string of the molecule is CNCCCC(=O)Nc1cc(F)cc(F)c1F. The molecule has 0 saturated heterocycles. The average molecular weight is 246 g/mol. The maximum absolute atomic E-state index is 13.2. The molecule has 3 nitrogen and oxygen atoms in total. The normalized spacial score (nSPS) is 10.4. The number of nitrogens with one attached hydrogen (secondary N) is 2. The number of anilines is 1. The number of amides is 1. The van der Waals surface area contributed by atoms with Crippen molar-refractivity contribution in [3.63, 3.8) is 0 Å². The van der Waals surface area contributed by atoms with E-state index in [0.717, 1.165) is 6.07 Å². The van der Waals surface area contributed by atoms with Crippen LogP contribution in [0, 0.1) is 17.5 Å². The second-order valence-electron chi connectivity index (χ2n) is 3.50. The van der Waals surface area contributed by atoms with Gasteiger partial charge in [-0.15, -0.1) is 0 Å². The van der Waals surface area contributed by atoms with Crippen LogP contribution in [-0.2, 0) is 4.79 Å². The molecule has 1 amide bonds. The lowest BCUT2D eigenvalue weighted by Crippen LogP contribution is -2.16. The van der Waals surface area contributed by atoms with E-state index in [0.29, 0.717) is 19.0 Å². The Balaban J connectivity index is 2.65. The van der Waals surface area contributed by atoms with E-state index < -0.39 is 29.0 Å². The van der Waals surface area contributed by atoms with Crippen molar-refractivity contribution in [2.75, 3.05) is 18.9 Å². The largest absolute Gasteiger partial charge is 0.323 e. The van der Waals surface area contributed by atoms with Gasteiger partial charge in [-0.2, -0.15) is 0 Å². The van der Waals surface area contributed by atoms with Crippen molar-refractivity contribution in [2.24, 2.45) is 0 Å². The van der Waals surface area contributed by atoms with Crippen LogP contribution >= 0.6 is 0 Å². The van der Waals surface area contributed by atoms with Gasteiger partial charge in [0.2, 0.25) is 5.91 Å². The quantitative estimate of drug-likeness (QED) is 0.616. The maximum atomic E-state index is 13.2. The first-order valence-corrected chi connectivity index (χ1v) is 5.13. The summed E-state index contributed by atoms with van der Waals surface area (Å²) < 4.78 is 38.8. The number of carbonyl (C=O) groups is 1. The molecule has 0 heterocycles. The predicted molar refractivity (Wildman–Crippen MR) is 58.1 cm³/mol. The molecule has 0 atom stereocenters. The third kappa shape index (κ3) is 4.07. The molecule has 0 saturated carbocycles. The van der Waals surface area contributed by atoms with Gasteiger partial charge in [-0.1, -0.05) is 0 Å². The van der Waals surface area contributed by atoms with Crippen LogP contribution < -0.4 is 10.6 Å². The van der Waals surface area contributed by atoms with Gasteiger partial charge >= 0.3 is 0 Å². The van der Waals surface area contributed by atoms with Crippen LogP contribution in [-0.4, -0.2) is 19.5 Å². The molecular weight excluding hydrogens is 233 g/mol. The van der Waals surface area contributed by atoms with Gasteiger partial charge in [0.1, 0.15) is 5.82 Å². The molecule has 94 valence electrons. The van der Waals surface area contributed by atoms with Crippen LogP contribution in [0.4, 0.5) is 18.9 Å². The van der Waals surface area contributed by atoms with E-state index in [2.05, 4.69) is 10.6 Å². The summed E-state index contributed by atoms with van der Waals surface area (Å²) in [5, 5.41) is 4.97. The van der Waals surface area contributed by atoms with Crippen molar-refractivity contribution in [1.82, 2.24) is 5.32 Å². The zero-order valence-electron chi connectivity index (χ0n) is 9.32. The summed E-state index contributed by atoms with van der Waals surface area (Å²) in [7, 11) is 1.74. The molecule has 6 heteroatoms. The van der Waals surface area contributed by atoms with E-state index in [9.17, 15) is 18.0 Å². The molecule has 0 bridgehead atoms. The lowest BCUT2D eigenvalue weighted by Gasteiger charge is -2.07. The van der Waals surface area contributed by atoms with Gasteiger partial charge in [0.15, 0.2) is 11.6 Å². The Bertz CT molecular complexity index is 410. The van der Waals surface area contributed by atoms with Gasteiger partial charge in [-0.25, -0.2) is 13.2 Å². The topological polar surface area (TPSA) is 41.1 Å². The Labute approximate surface area is 97.0 Å². The Kier molecular flexibility index (Phi) is 4.96. The number of carbonyl (C=O) groups excluding carboxylic acids is 1. The number of hydrogen-bond acceptors (Lipinski definition) is 2. The molecule has 0 unspecified atom stereocenters. The van der Waals surface area contributed by atoms with Crippen LogP contribution in [0.2, 0.25) is 0 Å². The minimum absolute atomic E-state index is 0.151. The first-order chi connectivity index (χ1) is 8.04. The molecule has 2 N–H and O–H groups in total. The lowest BCUT2D eigenvalue weighted by molar-refractivity contribution is -0.116. The van der Waals surface area contributed by atoms with Crippen LogP contribution in [0.1, 0.15) is 12.8 Å². The molecule has 0 radical (unpaired) electrons. The predicted octanol–water partition coefficient (Wildman–Crippen LogP) is 2.04. The Morgan fingerprint density at radius 1 is 1.29 bits per heavy atom. The van der Waals surface area contributed by atoms with Crippen LogP contribution in [0.5, 0.6) is 0 Å². The highest BCUT2D eigenvalue weighted by molar-refractivity contribution is 5.90. The van der Waals surface area contributed by atoms with Gasteiger partial charge in [0, 0.05) is 18.6 Å². The summed E-state index contributed by atoms with van der Waals surface area (Å²) in [6, 6.07) is 1.17. The Hall–Kier alpha value is -1.56. The van der Waals surface area contributed by atoms with Gasteiger partial charge in [0.25, 0.3) is 0 Å². The first-order valence-electron chi connectivity index (χ1n) is 5.13. The van der Waals surface area contributed by atoms with E-state index in [1.54, 1.807) is 7.05 Å². The molecule has 0 aliphatic carbocycles. The Morgan fingerprint density at radius 2 is 2.00 bits per heavy atom. The number of benzene rings is 1. The summed E-state index contributed by atoms with van der Waals surface area (Å²) in [4.78, 5) is 11.3. The second kappa shape index (κ2) is 6.24. The fraction of sp³-hybridized carbons (Fsp3) is 0.364. The van der Waals surface area contributed by atoms with E-state index in [1.807, 2.05) is 0 Å². The van der Waals surface area contributed by atoms with Crippen molar-refractivity contribution in [3.05, 3.63) is 29.6 Å². The highest BCUT2D eigenvalue weighted by Crippen LogP contribution is 2.19. The zero-order chi connectivity index (χ0) is 12.8. The molecule has 0 spiro atoms. The molecule has 0 aliphatic heterocycles. The van der Waals surface area contributed by atoms with Crippen LogP contribution in [0.3, 0.4) is 0 Å². The van der Waals surface area contributed by atoms with Crippen molar-refractivity contribution in [2.45, 2.75) is 12.8 Å². The summed E-state index contributed by atoms with van der Waals surface area (Å²) in [5.74, 6) is -4.00. The van der Waals surface area contributed by atoms with E-state index in [4.69, 9.17) is 0 Å². The standard InChI is InChI=1S/C11H13F3N2O/c1-15-4-2-3-10(17)16-9-6-7(12)5-8(13)11(9)14/h5-6,15H,2-4H2,1H3,(H,16,17). The van der Waals surface area contributed by atoms with Crippen molar-refractivity contribution >= 4 is 11.6 Å². The molecule has 0 aliphatic rings. The van der Waals surface area contributed by atoms with Crippen molar-refractivity contribution < 1.29 is 18.0 Å². The monoisotopic (exact) mass is 246 g/mol. The summed E-state index contributed by atoms with van der Waals surface area (Å²) in [6.07, 6.45) is 0.708. The first kappa shape index (κ1) is 13.5. The van der Waals surface area contributed by atoms with Gasteiger partial charge in [0.05, 0.1) is 5.69 Å². The fourth-order valence-electron chi connectivity index (χ4n) is 1.29. The fourth-order valence-corrected chi connectivity index (χ4v) is 1.29. The molecule has 17 heavy (non-hydrogen) atoms. The summed E-state index contributed by atoms with van der Waals surface area (Å²) in [6.45, 7) is 0.632. The van der Waals surface area contributed by atoms with E-state index in [1.165, 1.54) is 0 Å². The van der Waals surface area contributed by atoms with Crippen LogP contribution in [0.15, 0.2) is 12.1 Å². The van der Waals surface area contributed by atoms with E-state index in [-0.39, 0.29) is 6.42 Å². The van der Waals surface area contributed by atoms with Gasteiger partial charge in [-0.05, 0) is 20.0 Å². The zero-order valence-corrected chi connectivity index (χ0v) is 9.32. The number of hydrogen-bond donors (Lipinski definition) is 2. The molecule has 1 aromatic rings. The third-order valence-electron chi connectivity index (χ3n) is 2.10. The van der Waals surface area contributed by atoms with Crippen molar-refractivity contribution in [3.8, 4) is 0 Å². The molecule has 0 aromatic heterocycles. The smallest absolute Gasteiger partial charge is 0.224 e. The van der Waals surface area contributed by atoms with E-state index >= 15 is 0 Å². The summed E-state index contributed by atoms with van der Waals surface area (Å²) >= 11 is 0. The molecule has 0 fully saturated rings. The molecule has 1 aromatic carbocycles. The molecule has 1 rings (SSSR count). The third-order valence-corrected chi connectivity index (χ3v) is 2.10. The second-order valence-corrected chi connectivity index (χ2v) is 3.50. The number of halogens is 3. The van der Waals surface area contributed by atoms with Gasteiger partial charge in [-0.3, -0.25) is 4.79 Å². The van der Waals surface area contributed by atoms with Gasteiger partial charge < -0.3 is 10.6 Å². The lowest BCUT2D eigenvalue weighted by atomic mass is 10.2.